The number of aryl methyl sites for hydroxylation is 1. The molecule has 1 aliphatic carbocycles. The summed E-state index contributed by atoms with van der Waals surface area (Å²) >= 11 is 0. The lowest BCUT2D eigenvalue weighted by atomic mass is 9.98. The van der Waals surface area contributed by atoms with Crippen LogP contribution < -0.4 is 15.2 Å². The minimum Gasteiger partial charge on any atom is -0.329 e. The predicted molar refractivity (Wildman–Crippen MR) is 95.2 cm³/mol. The molecule has 2 rings (SSSR count). The van der Waals surface area contributed by atoms with Gasteiger partial charge in [0.05, 0.1) is 9.79 Å². The van der Waals surface area contributed by atoms with Gasteiger partial charge in [-0.25, -0.2) is 26.3 Å². The minimum atomic E-state index is -3.77. The lowest BCUT2D eigenvalue weighted by molar-refractivity contribution is 0.374. The van der Waals surface area contributed by atoms with Crippen LogP contribution in [0, 0.1) is 12.8 Å². The Labute approximate surface area is 149 Å². The summed E-state index contributed by atoms with van der Waals surface area (Å²) in [5.74, 6) is 0.243. The second-order valence-electron chi connectivity index (χ2n) is 6.14. The fourth-order valence-electron chi connectivity index (χ4n) is 2.58. The second-order valence-corrected chi connectivity index (χ2v) is 9.67. The molecule has 0 amide bonds. The van der Waals surface area contributed by atoms with Gasteiger partial charge < -0.3 is 5.73 Å². The van der Waals surface area contributed by atoms with E-state index < -0.39 is 25.6 Å². The highest BCUT2D eigenvalue weighted by Crippen LogP contribution is 2.39. The van der Waals surface area contributed by atoms with Crippen LogP contribution in [0.2, 0.25) is 0 Å². The third kappa shape index (κ3) is 4.27. The van der Waals surface area contributed by atoms with Crippen molar-refractivity contribution < 1.29 is 16.8 Å². The van der Waals surface area contributed by atoms with Gasteiger partial charge in [-0.15, -0.1) is 12.4 Å². The zero-order valence-electron chi connectivity index (χ0n) is 13.9. The predicted octanol–water partition coefficient (Wildman–Crippen LogP) is 0.731. The van der Waals surface area contributed by atoms with Crippen molar-refractivity contribution in [3.8, 4) is 0 Å². The highest BCUT2D eigenvalue weighted by Gasteiger charge is 2.43. The van der Waals surface area contributed by atoms with Crippen LogP contribution in [0.1, 0.15) is 25.3 Å². The number of nitrogens with one attached hydrogen (secondary N) is 2. The summed E-state index contributed by atoms with van der Waals surface area (Å²) < 4.78 is 53.8. The molecule has 24 heavy (non-hydrogen) atoms. The summed E-state index contributed by atoms with van der Waals surface area (Å²) in [5.41, 5.74) is 5.43. The third-order valence-electron chi connectivity index (χ3n) is 4.28. The summed E-state index contributed by atoms with van der Waals surface area (Å²) in [6.07, 6.45) is 1.91. The van der Waals surface area contributed by atoms with Crippen LogP contribution in [0.5, 0.6) is 0 Å². The molecule has 0 saturated heterocycles. The second kappa shape index (κ2) is 7.27. The van der Waals surface area contributed by atoms with Crippen LogP contribution in [0.15, 0.2) is 28.0 Å². The largest absolute Gasteiger partial charge is 0.329 e. The fourth-order valence-corrected chi connectivity index (χ4v) is 5.09. The van der Waals surface area contributed by atoms with Crippen molar-refractivity contribution in [3.63, 3.8) is 0 Å². The van der Waals surface area contributed by atoms with Gasteiger partial charge in [-0.3, -0.25) is 0 Å². The maximum Gasteiger partial charge on any atom is 0.241 e. The monoisotopic (exact) mass is 397 g/mol. The molecule has 0 radical (unpaired) electrons. The number of halogens is 1. The van der Waals surface area contributed by atoms with E-state index in [0.717, 1.165) is 12.8 Å². The topological polar surface area (TPSA) is 118 Å². The number of hydrogen-bond acceptors (Lipinski definition) is 5. The molecule has 1 unspecified atom stereocenters. The Morgan fingerprint density at radius 2 is 1.79 bits per heavy atom. The van der Waals surface area contributed by atoms with Gasteiger partial charge in [0.1, 0.15) is 0 Å². The van der Waals surface area contributed by atoms with Crippen LogP contribution in [-0.4, -0.2) is 36.0 Å². The zero-order valence-corrected chi connectivity index (χ0v) is 16.3. The first-order valence-corrected chi connectivity index (χ1v) is 10.3. The average Bonchev–Trinajstić information content (AvgIpc) is 3.31. The summed E-state index contributed by atoms with van der Waals surface area (Å²) in [6, 6.07) is 3.95. The maximum absolute atomic E-state index is 12.6. The van der Waals surface area contributed by atoms with Gasteiger partial charge in [0, 0.05) is 12.1 Å². The van der Waals surface area contributed by atoms with E-state index in [0.29, 0.717) is 5.56 Å². The van der Waals surface area contributed by atoms with E-state index in [9.17, 15) is 16.8 Å². The van der Waals surface area contributed by atoms with Crippen molar-refractivity contribution in [2.45, 2.75) is 42.0 Å². The normalized spacial score (nSPS) is 17.8. The summed E-state index contributed by atoms with van der Waals surface area (Å²) in [5, 5.41) is 0. The van der Waals surface area contributed by atoms with E-state index in [2.05, 4.69) is 9.44 Å². The summed E-state index contributed by atoms with van der Waals surface area (Å²) in [7, 11) is -6.08. The Kier molecular flexibility index (Phi) is 6.46. The van der Waals surface area contributed by atoms with Crippen molar-refractivity contribution in [2.24, 2.45) is 11.7 Å². The van der Waals surface area contributed by atoms with Gasteiger partial charge in [-0.2, -0.15) is 0 Å². The Morgan fingerprint density at radius 1 is 1.21 bits per heavy atom. The van der Waals surface area contributed by atoms with Crippen LogP contribution in [0.4, 0.5) is 0 Å². The van der Waals surface area contributed by atoms with Crippen molar-refractivity contribution in [3.05, 3.63) is 23.8 Å². The number of rotatable bonds is 7. The molecule has 10 heteroatoms. The molecular formula is C14H24ClN3O4S2. The van der Waals surface area contributed by atoms with E-state index in [-0.39, 0.29) is 34.7 Å². The molecule has 1 atom stereocenters. The highest BCUT2D eigenvalue weighted by molar-refractivity contribution is 7.90. The standard InChI is InChI=1S/C14H23N3O4S2.ClH/c1-10-8-12(6-7-13(10)23(20,21)16-3)22(18,19)17-14(2,9-15)11-4-5-11;/h6-8,11,16-17H,4-5,9,15H2,1-3H3;1H. The zero-order chi connectivity index (χ0) is 17.5. The van der Waals surface area contributed by atoms with E-state index >= 15 is 0 Å². The Bertz CT molecular complexity index is 807. The molecule has 1 aliphatic rings. The SMILES string of the molecule is CNS(=O)(=O)c1ccc(S(=O)(=O)NC(C)(CN)C2CC2)cc1C.Cl. The maximum atomic E-state index is 12.6. The van der Waals surface area contributed by atoms with E-state index in [1.165, 1.54) is 25.2 Å². The first kappa shape index (κ1) is 21.3. The first-order valence-electron chi connectivity index (χ1n) is 7.34. The van der Waals surface area contributed by atoms with E-state index in [1.54, 1.807) is 13.8 Å². The van der Waals surface area contributed by atoms with Crippen LogP contribution in [0.25, 0.3) is 0 Å². The van der Waals surface area contributed by atoms with Crippen LogP contribution in [-0.2, 0) is 20.0 Å². The summed E-state index contributed by atoms with van der Waals surface area (Å²) in [6.45, 7) is 3.57. The van der Waals surface area contributed by atoms with Crippen LogP contribution >= 0.6 is 12.4 Å². The molecule has 0 aliphatic heterocycles. The smallest absolute Gasteiger partial charge is 0.241 e. The van der Waals surface area contributed by atoms with Crippen LogP contribution in [0.3, 0.4) is 0 Å². The number of hydrogen-bond donors (Lipinski definition) is 3. The third-order valence-corrected chi connectivity index (χ3v) is 7.47. The number of sulfonamides is 2. The Balaban J connectivity index is 0.00000288. The number of nitrogens with two attached hydrogens (primary N) is 1. The van der Waals surface area contributed by atoms with Gasteiger partial charge in [0.15, 0.2) is 0 Å². The minimum absolute atomic E-state index is 0. The number of benzene rings is 1. The molecule has 138 valence electrons. The molecule has 7 nitrogen and oxygen atoms in total. The molecule has 1 aromatic carbocycles. The molecule has 1 fully saturated rings. The molecule has 1 aromatic rings. The highest BCUT2D eigenvalue weighted by atomic mass is 35.5. The molecule has 0 heterocycles. The van der Waals surface area contributed by atoms with Crippen molar-refractivity contribution in [1.29, 1.82) is 0 Å². The quantitative estimate of drug-likeness (QED) is 0.626. The van der Waals surface area contributed by atoms with E-state index in [1.807, 2.05) is 0 Å². The van der Waals surface area contributed by atoms with Crippen molar-refractivity contribution in [1.82, 2.24) is 9.44 Å². The van der Waals surface area contributed by atoms with E-state index in [4.69, 9.17) is 5.73 Å². The lowest BCUT2D eigenvalue weighted by Crippen LogP contribution is -2.52. The van der Waals surface area contributed by atoms with Crippen molar-refractivity contribution in [2.75, 3.05) is 13.6 Å². The molecule has 1 saturated carbocycles. The van der Waals surface area contributed by atoms with Gasteiger partial charge in [0.2, 0.25) is 20.0 Å². The van der Waals surface area contributed by atoms with Gasteiger partial charge in [0.25, 0.3) is 0 Å². The van der Waals surface area contributed by atoms with Gasteiger partial charge in [-0.1, -0.05) is 0 Å². The fraction of sp³-hybridized carbons (Fsp3) is 0.571. The van der Waals surface area contributed by atoms with Crippen molar-refractivity contribution >= 4 is 32.5 Å². The summed E-state index contributed by atoms with van der Waals surface area (Å²) in [4.78, 5) is 0.0908. The lowest BCUT2D eigenvalue weighted by Gasteiger charge is -2.29. The molecule has 4 N–H and O–H groups in total. The van der Waals surface area contributed by atoms with Gasteiger partial charge in [-0.05, 0) is 63.4 Å². The molecular weight excluding hydrogens is 374 g/mol. The Morgan fingerprint density at radius 3 is 2.21 bits per heavy atom. The molecule has 0 aromatic heterocycles. The Hall–Kier alpha value is -0.710. The van der Waals surface area contributed by atoms with Gasteiger partial charge >= 0.3 is 0 Å². The molecule has 0 bridgehead atoms. The molecule has 0 spiro atoms. The first-order chi connectivity index (χ1) is 10.6. The average molecular weight is 398 g/mol.